The molecule has 18 heteroatoms. The number of hydrogen-bond donors (Lipinski definition) is 7. The number of amides is 4. The molecule has 7 N–H and O–H groups in total. The summed E-state index contributed by atoms with van der Waals surface area (Å²) < 4.78 is 16.5. The van der Waals surface area contributed by atoms with Gasteiger partial charge in [-0.25, -0.2) is 4.79 Å². The van der Waals surface area contributed by atoms with Crippen LogP contribution in [-0.2, 0) is 44.6 Å². The van der Waals surface area contributed by atoms with Crippen LogP contribution in [0.5, 0.6) is 0 Å². The van der Waals surface area contributed by atoms with Crippen LogP contribution in [0.3, 0.4) is 0 Å². The average Bonchev–Trinajstić information content (AvgIpc) is 3.75. The smallest absolute Gasteiger partial charge is 0.326 e. The largest absolute Gasteiger partial charge is 0.480 e. The minimum Gasteiger partial charge on any atom is -0.480 e. The van der Waals surface area contributed by atoms with Gasteiger partial charge in [0.05, 0.1) is 48.8 Å². The first-order valence-electron chi connectivity index (χ1n) is 22.6. The summed E-state index contributed by atoms with van der Waals surface area (Å²) in [6.07, 6.45) is 0.371. The number of carboxylic acid groups (broad SMARTS) is 1. The summed E-state index contributed by atoms with van der Waals surface area (Å²) >= 11 is 0. The Labute approximate surface area is 385 Å². The van der Waals surface area contributed by atoms with Gasteiger partial charge in [-0.1, -0.05) is 91.6 Å². The number of aliphatic hydroxyl groups is 4. The second-order valence-electron chi connectivity index (χ2n) is 18.1. The molecule has 1 aliphatic rings. The van der Waals surface area contributed by atoms with Crippen molar-refractivity contribution in [1.82, 2.24) is 25.3 Å². The third-order valence-corrected chi connectivity index (χ3v) is 12.7. The maximum absolute atomic E-state index is 14.5. The lowest BCUT2D eigenvalue weighted by atomic mass is 9.89. The molecule has 0 bridgehead atoms. The highest BCUT2D eigenvalue weighted by Crippen LogP contribution is 2.30. The van der Waals surface area contributed by atoms with E-state index < -0.39 is 103 Å². The van der Waals surface area contributed by atoms with E-state index in [4.69, 9.17) is 15.9 Å². The highest BCUT2D eigenvalue weighted by Gasteiger charge is 2.44. The Morgan fingerprint density at radius 1 is 0.892 bits per heavy atom. The van der Waals surface area contributed by atoms with Crippen molar-refractivity contribution in [3.63, 3.8) is 0 Å². The van der Waals surface area contributed by atoms with Gasteiger partial charge in [-0.2, -0.15) is 0 Å². The molecule has 1 fully saturated rings. The Hall–Kier alpha value is -4.35. The molecule has 1 aromatic rings. The first-order chi connectivity index (χ1) is 30.6. The molecular weight excluding hydrogens is 843 g/mol. The number of aliphatic carboxylic acids is 1. The van der Waals surface area contributed by atoms with E-state index in [1.807, 2.05) is 26.0 Å². The Balaban J connectivity index is 2.28. The molecule has 1 aliphatic heterocycles. The number of likely N-dealkylation sites (tertiary alicyclic amines) is 1. The number of carboxylic acids is 1. The first-order valence-corrected chi connectivity index (χ1v) is 22.6. The average molecular weight is 920 g/mol. The lowest BCUT2D eigenvalue weighted by molar-refractivity contribution is -0.148. The highest BCUT2D eigenvalue weighted by molar-refractivity contribution is 5.90. The van der Waals surface area contributed by atoms with Crippen molar-refractivity contribution in [1.29, 1.82) is 0 Å². The lowest BCUT2D eigenvalue weighted by Gasteiger charge is -2.41. The molecule has 18 nitrogen and oxygen atoms in total. The number of hydrogen-bond acceptors (Lipinski definition) is 13. The van der Waals surface area contributed by atoms with Gasteiger partial charge in [-0.05, 0) is 43.2 Å². The van der Waals surface area contributed by atoms with E-state index in [0.717, 1.165) is 5.56 Å². The quantitative estimate of drug-likeness (QED) is 0.0577. The third-order valence-electron chi connectivity index (χ3n) is 12.7. The van der Waals surface area contributed by atoms with Crippen LogP contribution >= 0.6 is 0 Å². The number of rotatable bonds is 28. The van der Waals surface area contributed by atoms with Crippen molar-refractivity contribution >= 4 is 29.6 Å². The number of carbonyl (C=O) groups is 5. The minimum absolute atomic E-state index is 0.0931. The van der Waals surface area contributed by atoms with Crippen LogP contribution in [0, 0.1) is 36.2 Å². The van der Waals surface area contributed by atoms with Gasteiger partial charge in [0, 0.05) is 40.8 Å². The number of ether oxygens (including phenoxy) is 3. The SMILES string of the molecule is C#COCC(O)C(O)C(O)C(O)CN(C)C(C(=O)NC(C(=O)N(C)C(C(C)CC)C(CC(=O)N1CCCC1C(OC)C(C)C(=O)NC(Cc1ccccc1)C(=O)O)OC)C(C)C)C(C)C. The highest BCUT2D eigenvalue weighted by atomic mass is 16.5. The van der Waals surface area contributed by atoms with Gasteiger partial charge in [-0.15, -0.1) is 0 Å². The van der Waals surface area contributed by atoms with Crippen LogP contribution < -0.4 is 10.6 Å². The second-order valence-corrected chi connectivity index (χ2v) is 18.1. The molecular formula is C47H77N5O13. The number of aliphatic hydroxyl groups excluding tert-OH is 4. The monoisotopic (exact) mass is 920 g/mol. The Morgan fingerprint density at radius 2 is 1.51 bits per heavy atom. The molecule has 0 aromatic heterocycles. The molecule has 13 unspecified atom stereocenters. The summed E-state index contributed by atoms with van der Waals surface area (Å²) in [4.78, 5) is 73.3. The summed E-state index contributed by atoms with van der Waals surface area (Å²) in [6, 6.07) is 4.79. The molecule has 0 spiro atoms. The van der Waals surface area contributed by atoms with Gasteiger partial charge in [-0.3, -0.25) is 24.1 Å². The Bertz CT molecular complexity index is 1700. The van der Waals surface area contributed by atoms with Crippen molar-refractivity contribution < 1.29 is 63.7 Å². The fourth-order valence-corrected chi connectivity index (χ4v) is 8.85. The summed E-state index contributed by atoms with van der Waals surface area (Å²) in [5.74, 6) is -4.58. The van der Waals surface area contributed by atoms with E-state index in [0.29, 0.717) is 25.8 Å². The van der Waals surface area contributed by atoms with E-state index >= 15 is 0 Å². The van der Waals surface area contributed by atoms with Crippen LogP contribution in [0.4, 0.5) is 0 Å². The topological polar surface area (TPSA) is 248 Å². The second kappa shape index (κ2) is 27.3. The van der Waals surface area contributed by atoms with Crippen LogP contribution in [0.25, 0.3) is 0 Å². The molecule has 1 aromatic carbocycles. The summed E-state index contributed by atoms with van der Waals surface area (Å²) in [6.45, 7) is 12.4. The van der Waals surface area contributed by atoms with Crippen LogP contribution in [-0.4, -0.2) is 185 Å². The van der Waals surface area contributed by atoms with Crippen molar-refractivity contribution in [2.45, 2.75) is 147 Å². The maximum atomic E-state index is 14.5. The number of carbonyl (C=O) groups excluding carboxylic acids is 4. The molecule has 0 aliphatic carbocycles. The molecule has 13 atom stereocenters. The molecule has 2 rings (SSSR count). The summed E-state index contributed by atoms with van der Waals surface area (Å²) in [7, 11) is 6.12. The minimum atomic E-state index is -1.81. The van der Waals surface area contributed by atoms with Gasteiger partial charge in [0.25, 0.3) is 0 Å². The molecule has 1 heterocycles. The van der Waals surface area contributed by atoms with Crippen molar-refractivity contribution in [2.24, 2.45) is 23.7 Å². The van der Waals surface area contributed by atoms with Gasteiger partial charge >= 0.3 is 5.97 Å². The maximum Gasteiger partial charge on any atom is 0.326 e. The number of nitrogens with zero attached hydrogens (tertiary/aromatic N) is 3. The Kier molecular flexibility index (Phi) is 23.9. The number of nitrogens with one attached hydrogen (secondary N) is 2. The van der Waals surface area contributed by atoms with Crippen molar-refractivity contribution in [2.75, 3.05) is 48.0 Å². The predicted octanol–water partition coefficient (Wildman–Crippen LogP) is 0.867. The van der Waals surface area contributed by atoms with E-state index in [9.17, 15) is 49.5 Å². The van der Waals surface area contributed by atoms with Gasteiger partial charge < -0.3 is 60.2 Å². The fourth-order valence-electron chi connectivity index (χ4n) is 8.85. The van der Waals surface area contributed by atoms with Crippen molar-refractivity contribution in [3.05, 3.63) is 35.9 Å². The van der Waals surface area contributed by atoms with Gasteiger partial charge in [0.2, 0.25) is 23.6 Å². The summed E-state index contributed by atoms with van der Waals surface area (Å²) in [5.41, 5.74) is 0.754. The predicted molar refractivity (Wildman–Crippen MR) is 243 cm³/mol. The fraction of sp³-hybridized carbons (Fsp3) is 0.723. The molecule has 1 saturated heterocycles. The number of terminal acetylenes is 1. The summed E-state index contributed by atoms with van der Waals surface area (Å²) in [5, 5.41) is 57.3. The number of likely N-dealkylation sites (N-methyl/N-ethyl adjacent to an activating group) is 2. The molecule has 4 amide bonds. The van der Waals surface area contributed by atoms with Crippen LogP contribution in [0.2, 0.25) is 0 Å². The third kappa shape index (κ3) is 15.9. The Morgan fingerprint density at radius 3 is 2.03 bits per heavy atom. The first kappa shape index (κ1) is 56.8. The molecule has 65 heavy (non-hydrogen) atoms. The van der Waals surface area contributed by atoms with E-state index in [1.165, 1.54) is 24.0 Å². The van der Waals surface area contributed by atoms with Crippen LogP contribution in [0.15, 0.2) is 30.3 Å². The molecule has 0 radical (unpaired) electrons. The zero-order chi connectivity index (χ0) is 49.3. The number of methoxy groups -OCH3 is 2. The van der Waals surface area contributed by atoms with E-state index in [1.54, 1.807) is 77.9 Å². The normalized spacial score (nSPS) is 19.7. The zero-order valence-electron chi connectivity index (χ0n) is 40.1. The van der Waals surface area contributed by atoms with E-state index in [-0.39, 0.29) is 43.0 Å². The van der Waals surface area contributed by atoms with E-state index in [2.05, 4.69) is 15.4 Å². The molecule has 368 valence electrons. The van der Waals surface area contributed by atoms with Crippen LogP contribution in [0.1, 0.15) is 79.7 Å². The van der Waals surface area contributed by atoms with Gasteiger partial charge in [0.15, 0.2) is 0 Å². The molecule has 0 saturated carbocycles. The van der Waals surface area contributed by atoms with Crippen molar-refractivity contribution in [3.8, 4) is 12.5 Å². The standard InChI is InChI=1S/C47H77N5O13/c1-13-29(7)40(51(10)46(60)38(27(3)4)49-45(59)39(28(5)6)50(9)25-34(53)41(56)42(57)35(54)26-65-14-2)36(63-11)24-37(55)52-22-18-21-33(52)43(64-12)30(8)44(58)48-32(47(61)62)23-31-19-16-15-17-20-31/h2,15-17,19-20,27-30,32-36,38-43,53-54,56-57H,13,18,21-26H2,1,3-12H3,(H,48,58)(H,49,59)(H,61,62). The zero-order valence-corrected chi connectivity index (χ0v) is 40.1. The number of benzene rings is 1. The van der Waals surface area contributed by atoms with Gasteiger partial charge in [0.1, 0.15) is 43.1 Å². The lowest BCUT2D eigenvalue weighted by Crippen LogP contribution is -2.60.